The molecule has 0 radical (unpaired) electrons. The maximum Gasteiger partial charge on any atom is 0.418 e. The molecule has 2 heterocycles. The summed E-state index contributed by atoms with van der Waals surface area (Å²) in [5.74, 6) is -0.884. The van der Waals surface area contributed by atoms with Crippen molar-refractivity contribution in [3.05, 3.63) is 46.3 Å². The number of alkyl halides is 3. The second-order valence-electron chi connectivity index (χ2n) is 5.34. The van der Waals surface area contributed by atoms with Gasteiger partial charge in [-0.1, -0.05) is 11.6 Å². The number of likely N-dealkylation sites (N-methyl/N-ethyl adjacent to an activating group) is 1. The fourth-order valence-electron chi connectivity index (χ4n) is 2.58. The van der Waals surface area contributed by atoms with Crippen LogP contribution in [-0.2, 0) is 9.53 Å². The topological polar surface area (TPSA) is 53.9 Å². The fraction of sp³-hybridized carbons (Fsp3) is 0.250. The molecular formula is C16H13ClF3N3O2. The van der Waals surface area contributed by atoms with Crippen molar-refractivity contribution in [2.75, 3.05) is 19.0 Å². The van der Waals surface area contributed by atoms with Gasteiger partial charge in [0.25, 0.3) is 0 Å². The molecule has 1 N–H and O–H groups in total. The second kappa shape index (κ2) is 6.11. The number of ether oxygens (including phenoxy) is 1. The van der Waals surface area contributed by atoms with Gasteiger partial charge in [-0.3, -0.25) is 0 Å². The standard InChI is InChI=1S/C16H13ClF3N3O2/c1-3-25-15(24)12-9(16(18,19)20)7-23(2)14-13(12)21-11-6-8(17)4-5-10(11)22-14/h4-7,21H,3H2,1-2H3. The van der Waals surface area contributed by atoms with Gasteiger partial charge in [0, 0.05) is 18.3 Å². The molecule has 132 valence electrons. The Labute approximate surface area is 146 Å². The molecule has 25 heavy (non-hydrogen) atoms. The van der Waals surface area contributed by atoms with E-state index in [0.29, 0.717) is 16.4 Å². The minimum Gasteiger partial charge on any atom is -0.462 e. The normalized spacial score (nSPS) is 16.5. The summed E-state index contributed by atoms with van der Waals surface area (Å²) >= 11 is 5.93. The van der Waals surface area contributed by atoms with Gasteiger partial charge in [0.1, 0.15) is 5.57 Å². The lowest BCUT2D eigenvalue weighted by Crippen LogP contribution is -2.38. The molecule has 0 bridgehead atoms. The molecule has 0 saturated heterocycles. The van der Waals surface area contributed by atoms with E-state index in [0.717, 1.165) is 6.20 Å². The third kappa shape index (κ3) is 3.09. The largest absolute Gasteiger partial charge is 0.462 e. The van der Waals surface area contributed by atoms with Crippen LogP contribution in [-0.4, -0.2) is 36.5 Å². The summed E-state index contributed by atoms with van der Waals surface area (Å²) < 4.78 is 45.2. The Morgan fingerprint density at radius 2 is 2.12 bits per heavy atom. The first-order chi connectivity index (χ1) is 11.7. The van der Waals surface area contributed by atoms with Crippen LogP contribution in [0, 0.1) is 0 Å². The van der Waals surface area contributed by atoms with E-state index in [1.165, 1.54) is 24.9 Å². The lowest BCUT2D eigenvalue weighted by molar-refractivity contribution is -0.140. The third-order valence-corrected chi connectivity index (χ3v) is 3.86. The van der Waals surface area contributed by atoms with Crippen molar-refractivity contribution in [2.24, 2.45) is 4.99 Å². The van der Waals surface area contributed by atoms with Crippen LogP contribution in [0.1, 0.15) is 6.92 Å². The highest BCUT2D eigenvalue weighted by Gasteiger charge is 2.45. The SMILES string of the molecule is CCOC(=O)C1=C2Nc3cc(Cl)ccc3N=C2N(C)C=C1C(F)(F)F. The van der Waals surface area contributed by atoms with Crippen molar-refractivity contribution in [3.63, 3.8) is 0 Å². The number of fused-ring (bicyclic) bond motifs is 2. The zero-order valence-corrected chi connectivity index (χ0v) is 14.0. The van der Waals surface area contributed by atoms with Crippen LogP contribution in [0.5, 0.6) is 0 Å². The summed E-state index contributed by atoms with van der Waals surface area (Å²) in [6.07, 6.45) is -3.90. The van der Waals surface area contributed by atoms with Gasteiger partial charge in [-0.15, -0.1) is 0 Å². The third-order valence-electron chi connectivity index (χ3n) is 3.63. The minimum atomic E-state index is -4.73. The predicted molar refractivity (Wildman–Crippen MR) is 87.7 cm³/mol. The zero-order chi connectivity index (χ0) is 18.4. The first kappa shape index (κ1) is 17.3. The van der Waals surface area contributed by atoms with E-state index in [1.54, 1.807) is 12.1 Å². The van der Waals surface area contributed by atoms with E-state index in [1.807, 2.05) is 0 Å². The van der Waals surface area contributed by atoms with Crippen LogP contribution in [0.4, 0.5) is 24.5 Å². The number of hydrogen-bond donors (Lipinski definition) is 1. The number of anilines is 1. The molecule has 1 aromatic rings. The minimum absolute atomic E-state index is 0.0501. The molecule has 2 aliphatic rings. The molecular weight excluding hydrogens is 359 g/mol. The van der Waals surface area contributed by atoms with E-state index in [-0.39, 0.29) is 18.1 Å². The highest BCUT2D eigenvalue weighted by Crippen LogP contribution is 2.41. The highest BCUT2D eigenvalue weighted by molar-refractivity contribution is 6.31. The molecule has 0 amide bonds. The Hall–Kier alpha value is -2.48. The molecule has 3 rings (SSSR count). The Morgan fingerprint density at radius 1 is 1.40 bits per heavy atom. The van der Waals surface area contributed by atoms with Crippen LogP contribution in [0.25, 0.3) is 0 Å². The van der Waals surface area contributed by atoms with Crippen LogP contribution < -0.4 is 5.32 Å². The van der Waals surface area contributed by atoms with Gasteiger partial charge in [-0.05, 0) is 25.1 Å². The Bertz CT molecular complexity index is 844. The molecule has 1 aromatic carbocycles. The number of esters is 1. The number of rotatable bonds is 2. The van der Waals surface area contributed by atoms with Crippen LogP contribution in [0.2, 0.25) is 5.02 Å². The van der Waals surface area contributed by atoms with E-state index >= 15 is 0 Å². The molecule has 5 nitrogen and oxygen atoms in total. The summed E-state index contributed by atoms with van der Waals surface area (Å²) in [5, 5.41) is 3.23. The number of nitrogens with zero attached hydrogens (tertiary/aromatic N) is 2. The summed E-state index contributed by atoms with van der Waals surface area (Å²) in [6.45, 7) is 1.47. The number of halogens is 4. The van der Waals surface area contributed by atoms with E-state index in [9.17, 15) is 18.0 Å². The smallest absolute Gasteiger partial charge is 0.418 e. The van der Waals surface area contributed by atoms with Crippen molar-refractivity contribution in [2.45, 2.75) is 13.1 Å². The van der Waals surface area contributed by atoms with Gasteiger partial charge in [-0.25, -0.2) is 9.79 Å². The number of carbonyl (C=O) groups excluding carboxylic acids is 1. The fourth-order valence-corrected chi connectivity index (χ4v) is 2.75. The molecule has 0 aromatic heterocycles. The van der Waals surface area contributed by atoms with Crippen molar-refractivity contribution in [3.8, 4) is 0 Å². The van der Waals surface area contributed by atoms with Gasteiger partial charge in [-0.2, -0.15) is 13.2 Å². The van der Waals surface area contributed by atoms with Gasteiger partial charge in [0.15, 0.2) is 5.84 Å². The molecule has 0 atom stereocenters. The van der Waals surface area contributed by atoms with Crippen molar-refractivity contribution in [1.82, 2.24) is 4.90 Å². The van der Waals surface area contributed by atoms with Crippen molar-refractivity contribution >= 4 is 34.8 Å². The molecule has 9 heteroatoms. The van der Waals surface area contributed by atoms with E-state index in [4.69, 9.17) is 16.3 Å². The average molecular weight is 372 g/mol. The van der Waals surface area contributed by atoms with Gasteiger partial charge in [0.05, 0.1) is 29.3 Å². The lowest BCUT2D eigenvalue weighted by atomic mass is 9.98. The lowest BCUT2D eigenvalue weighted by Gasteiger charge is -2.32. The molecule has 0 aliphatic carbocycles. The molecule has 0 spiro atoms. The Balaban J connectivity index is 2.22. The maximum absolute atomic E-state index is 13.5. The molecule has 2 aliphatic heterocycles. The van der Waals surface area contributed by atoms with Gasteiger partial charge in [0.2, 0.25) is 0 Å². The second-order valence-corrected chi connectivity index (χ2v) is 5.78. The maximum atomic E-state index is 13.5. The van der Waals surface area contributed by atoms with Crippen LogP contribution in [0.3, 0.4) is 0 Å². The first-order valence-corrected chi connectivity index (χ1v) is 7.69. The van der Waals surface area contributed by atoms with E-state index < -0.39 is 23.3 Å². The monoisotopic (exact) mass is 371 g/mol. The van der Waals surface area contributed by atoms with Gasteiger partial charge < -0.3 is 15.0 Å². The number of amidine groups is 1. The highest BCUT2D eigenvalue weighted by atomic mass is 35.5. The number of hydrogen-bond acceptors (Lipinski definition) is 5. The number of aliphatic imine (C=N–C) groups is 1. The first-order valence-electron chi connectivity index (χ1n) is 7.31. The summed E-state index contributed by atoms with van der Waals surface area (Å²) in [5.41, 5.74) is -0.852. The average Bonchev–Trinajstić information content (AvgIpc) is 2.52. The molecule has 0 saturated carbocycles. The van der Waals surface area contributed by atoms with Crippen molar-refractivity contribution < 1.29 is 22.7 Å². The van der Waals surface area contributed by atoms with E-state index in [2.05, 4.69) is 10.3 Å². The van der Waals surface area contributed by atoms with Crippen LogP contribution >= 0.6 is 11.6 Å². The molecule has 0 fully saturated rings. The van der Waals surface area contributed by atoms with Crippen LogP contribution in [0.15, 0.2) is 46.2 Å². The Kier molecular flexibility index (Phi) is 4.24. The Morgan fingerprint density at radius 3 is 2.76 bits per heavy atom. The number of carbonyl (C=O) groups is 1. The van der Waals surface area contributed by atoms with Gasteiger partial charge >= 0.3 is 12.1 Å². The summed E-state index contributed by atoms with van der Waals surface area (Å²) in [6, 6.07) is 4.78. The predicted octanol–water partition coefficient (Wildman–Crippen LogP) is 4.00. The van der Waals surface area contributed by atoms with Crippen molar-refractivity contribution in [1.29, 1.82) is 0 Å². The number of nitrogens with one attached hydrogen (secondary N) is 1. The zero-order valence-electron chi connectivity index (χ0n) is 13.2. The summed E-state index contributed by atoms with van der Waals surface area (Å²) in [7, 11) is 1.43. The molecule has 0 unspecified atom stereocenters. The quantitative estimate of drug-likeness (QED) is 0.798. The summed E-state index contributed by atoms with van der Waals surface area (Å²) in [4.78, 5) is 17.8. The number of benzene rings is 1.